The van der Waals surface area contributed by atoms with E-state index in [-0.39, 0.29) is 15.5 Å². The van der Waals surface area contributed by atoms with Crippen LogP contribution in [0.4, 0.5) is 5.82 Å². The molecule has 1 aromatic carbocycles. The summed E-state index contributed by atoms with van der Waals surface area (Å²) in [6, 6.07) is 12.1. The summed E-state index contributed by atoms with van der Waals surface area (Å²) in [6.45, 7) is 4.07. The highest BCUT2D eigenvalue weighted by atomic mass is 32.2. The molecule has 24 heavy (non-hydrogen) atoms. The van der Waals surface area contributed by atoms with Gasteiger partial charge in [0.25, 0.3) is 5.91 Å². The van der Waals surface area contributed by atoms with Crippen molar-refractivity contribution in [2.45, 2.75) is 55.6 Å². The number of benzene rings is 1. The average molecular weight is 341 g/mol. The number of pyridine rings is 1. The van der Waals surface area contributed by atoms with Gasteiger partial charge in [0.05, 0.1) is 10.3 Å². The Hall–Kier alpha value is -1.75. The fraction of sp³-hybridized carbons (Fsp3) is 0.474. The van der Waals surface area contributed by atoms with Crippen molar-refractivity contribution >= 4 is 34.4 Å². The first-order valence-corrected chi connectivity index (χ1v) is 9.49. The van der Waals surface area contributed by atoms with Crippen molar-refractivity contribution in [2.24, 2.45) is 0 Å². The molecule has 4 rings (SSSR count). The van der Waals surface area contributed by atoms with E-state index in [4.69, 9.17) is 0 Å². The lowest BCUT2D eigenvalue weighted by molar-refractivity contribution is -0.133. The van der Waals surface area contributed by atoms with Gasteiger partial charge >= 0.3 is 0 Å². The van der Waals surface area contributed by atoms with Crippen LogP contribution in [0.2, 0.25) is 0 Å². The van der Waals surface area contributed by atoms with Crippen LogP contribution in [0.5, 0.6) is 0 Å². The van der Waals surface area contributed by atoms with Crippen molar-refractivity contribution in [3.63, 3.8) is 0 Å². The molecule has 2 aliphatic rings. The van der Waals surface area contributed by atoms with Gasteiger partial charge in [-0.3, -0.25) is 10.2 Å². The van der Waals surface area contributed by atoms with E-state index < -0.39 is 0 Å². The van der Waals surface area contributed by atoms with Crippen LogP contribution in [0, 0.1) is 0 Å². The quantitative estimate of drug-likeness (QED) is 0.869. The van der Waals surface area contributed by atoms with Crippen LogP contribution in [-0.4, -0.2) is 25.5 Å². The molecule has 2 heterocycles. The third kappa shape index (κ3) is 2.55. The molecule has 1 saturated carbocycles. The third-order valence-corrected chi connectivity index (χ3v) is 6.69. The zero-order valence-corrected chi connectivity index (χ0v) is 15.0. The third-order valence-electron chi connectivity index (χ3n) is 5.03. The number of anilines is 1. The molecule has 1 aliphatic heterocycles. The predicted octanol–water partition coefficient (Wildman–Crippen LogP) is 4.58. The number of carbonyl (C=O) groups is 1. The number of para-hydroxylation sites is 1. The summed E-state index contributed by atoms with van der Waals surface area (Å²) in [5.41, 5.74) is 4.29. The first-order valence-electron chi connectivity index (χ1n) is 8.68. The molecule has 0 unspecified atom stereocenters. The predicted molar refractivity (Wildman–Crippen MR) is 99.7 cm³/mol. The number of nitrogens with zero attached hydrogens (tertiary/aromatic N) is 2. The van der Waals surface area contributed by atoms with Crippen molar-refractivity contribution in [1.29, 1.82) is 0 Å². The fourth-order valence-corrected chi connectivity index (χ4v) is 5.69. The molecule has 1 aromatic heterocycles. The topological polar surface area (TPSA) is 45.2 Å². The number of nitrogens with one attached hydrogen (secondary N) is 1. The molecular formula is C19H23N3OS. The van der Waals surface area contributed by atoms with Crippen molar-refractivity contribution in [3.8, 4) is 0 Å². The van der Waals surface area contributed by atoms with Crippen LogP contribution in [0.1, 0.15) is 46.0 Å². The second-order valence-corrected chi connectivity index (χ2v) is 9.25. The van der Waals surface area contributed by atoms with Gasteiger partial charge < -0.3 is 0 Å². The summed E-state index contributed by atoms with van der Waals surface area (Å²) in [7, 11) is 0. The number of fused-ring (bicyclic) bond motifs is 1. The normalized spacial score (nSPS) is 22.2. The first kappa shape index (κ1) is 15.8. The van der Waals surface area contributed by atoms with Crippen LogP contribution < -0.4 is 5.43 Å². The molecule has 2 fully saturated rings. The maximum absolute atomic E-state index is 13.0. The lowest BCUT2D eigenvalue weighted by Gasteiger charge is -2.40. The van der Waals surface area contributed by atoms with E-state index in [2.05, 4.69) is 22.5 Å². The number of aromatic nitrogens is 1. The Morgan fingerprint density at radius 1 is 1.08 bits per heavy atom. The lowest BCUT2D eigenvalue weighted by Crippen LogP contribution is -2.50. The van der Waals surface area contributed by atoms with E-state index in [9.17, 15) is 4.79 Å². The summed E-state index contributed by atoms with van der Waals surface area (Å²) in [5.74, 6) is 0.898. The maximum atomic E-state index is 13.0. The zero-order valence-electron chi connectivity index (χ0n) is 14.2. The second-order valence-electron chi connectivity index (χ2n) is 7.26. The molecule has 1 aliphatic carbocycles. The standard InChI is InChI=1S/C19H23N3OS/c1-18(2)17(23)22(19(24-18)12-6-3-7-13-19)21-16-11-10-14-8-4-5-9-15(14)20-16/h4-5,8-11H,3,6-7,12-13H2,1-2H3,(H,20,21). The molecule has 0 radical (unpaired) electrons. The van der Waals surface area contributed by atoms with E-state index in [1.807, 2.05) is 54.9 Å². The zero-order chi connectivity index (χ0) is 16.8. The molecule has 5 heteroatoms. The van der Waals surface area contributed by atoms with Gasteiger partial charge in [-0.15, -0.1) is 11.8 Å². The minimum absolute atomic E-state index is 0.133. The van der Waals surface area contributed by atoms with Gasteiger partial charge in [-0.25, -0.2) is 9.99 Å². The van der Waals surface area contributed by atoms with Crippen molar-refractivity contribution in [1.82, 2.24) is 9.99 Å². The Morgan fingerprint density at radius 2 is 1.83 bits per heavy atom. The van der Waals surface area contributed by atoms with Gasteiger partial charge in [0.15, 0.2) is 0 Å². The van der Waals surface area contributed by atoms with E-state index in [0.717, 1.165) is 29.6 Å². The lowest BCUT2D eigenvalue weighted by atomic mass is 9.94. The van der Waals surface area contributed by atoms with Crippen LogP contribution in [0.3, 0.4) is 0 Å². The van der Waals surface area contributed by atoms with E-state index in [0.29, 0.717) is 0 Å². The average Bonchev–Trinajstić information content (AvgIpc) is 2.75. The Kier molecular flexibility index (Phi) is 3.71. The highest BCUT2D eigenvalue weighted by Gasteiger charge is 2.56. The van der Waals surface area contributed by atoms with E-state index in [1.54, 1.807) is 0 Å². The number of rotatable bonds is 2. The molecule has 1 amide bonds. The summed E-state index contributed by atoms with van der Waals surface area (Å²) in [4.78, 5) is 17.5. The smallest absolute Gasteiger partial charge is 0.258 e. The van der Waals surface area contributed by atoms with Crippen molar-refractivity contribution < 1.29 is 4.79 Å². The Bertz CT molecular complexity index is 783. The monoisotopic (exact) mass is 341 g/mol. The molecular weight excluding hydrogens is 318 g/mol. The van der Waals surface area contributed by atoms with Crippen molar-refractivity contribution in [2.75, 3.05) is 5.43 Å². The SMILES string of the molecule is CC1(C)SC2(CCCCC2)N(Nc2ccc3ccccc3n2)C1=O. The van der Waals surface area contributed by atoms with Gasteiger partial charge in [0.2, 0.25) is 0 Å². The van der Waals surface area contributed by atoms with Gasteiger partial charge in [0, 0.05) is 5.39 Å². The fourth-order valence-electron chi connectivity index (χ4n) is 3.84. The maximum Gasteiger partial charge on any atom is 0.258 e. The highest BCUT2D eigenvalue weighted by Crippen LogP contribution is 2.54. The highest BCUT2D eigenvalue weighted by molar-refractivity contribution is 8.03. The molecule has 0 atom stereocenters. The molecule has 4 nitrogen and oxygen atoms in total. The molecule has 1 N–H and O–H groups in total. The van der Waals surface area contributed by atoms with Crippen molar-refractivity contribution in [3.05, 3.63) is 36.4 Å². The number of amides is 1. The van der Waals surface area contributed by atoms with Crippen LogP contribution in [0.15, 0.2) is 36.4 Å². The number of hydrazine groups is 1. The van der Waals surface area contributed by atoms with E-state index >= 15 is 0 Å². The van der Waals surface area contributed by atoms with Gasteiger partial charge in [-0.1, -0.05) is 37.5 Å². The minimum Gasteiger partial charge on any atom is -0.278 e. The summed E-state index contributed by atoms with van der Waals surface area (Å²) in [5, 5.41) is 2.99. The second kappa shape index (κ2) is 5.66. The van der Waals surface area contributed by atoms with Gasteiger partial charge in [-0.05, 0) is 44.9 Å². The largest absolute Gasteiger partial charge is 0.278 e. The minimum atomic E-state index is -0.388. The van der Waals surface area contributed by atoms with E-state index in [1.165, 1.54) is 19.3 Å². The number of carbonyl (C=O) groups excluding carboxylic acids is 1. The van der Waals surface area contributed by atoms with Crippen LogP contribution in [0.25, 0.3) is 10.9 Å². The molecule has 126 valence electrons. The van der Waals surface area contributed by atoms with Gasteiger partial charge in [-0.2, -0.15) is 0 Å². The van der Waals surface area contributed by atoms with Crippen LogP contribution in [-0.2, 0) is 4.79 Å². The Balaban J connectivity index is 1.68. The van der Waals surface area contributed by atoms with Gasteiger partial charge in [0.1, 0.15) is 10.7 Å². The van der Waals surface area contributed by atoms with Crippen LogP contribution >= 0.6 is 11.8 Å². The Morgan fingerprint density at radius 3 is 2.62 bits per heavy atom. The summed E-state index contributed by atoms with van der Waals surface area (Å²) in [6.07, 6.45) is 5.72. The molecule has 0 bridgehead atoms. The number of hydrogen-bond acceptors (Lipinski definition) is 4. The molecule has 2 aromatic rings. The number of hydrogen-bond donors (Lipinski definition) is 1. The Labute approximate surface area is 147 Å². The first-order chi connectivity index (χ1) is 11.5. The summed E-state index contributed by atoms with van der Waals surface area (Å²) < 4.78 is -0.388. The summed E-state index contributed by atoms with van der Waals surface area (Å²) >= 11 is 1.82. The number of thioether (sulfide) groups is 1. The molecule has 1 saturated heterocycles. The molecule has 1 spiro atoms.